The molecule has 5 atom stereocenters. The van der Waals surface area contributed by atoms with Crippen LogP contribution in [-0.4, -0.2) is 58.9 Å². The first-order valence-electron chi connectivity index (χ1n) is 10.9. The number of amides is 4. The van der Waals surface area contributed by atoms with Crippen molar-refractivity contribution >= 4 is 29.6 Å². The fourth-order valence-corrected chi connectivity index (χ4v) is 2.93. The lowest BCUT2D eigenvalue weighted by molar-refractivity contribution is -0.144. The van der Waals surface area contributed by atoms with Crippen molar-refractivity contribution in [3.63, 3.8) is 0 Å². The smallest absolute Gasteiger partial charge is 0.326 e. The Morgan fingerprint density at radius 2 is 1.19 bits per heavy atom. The van der Waals surface area contributed by atoms with Crippen LogP contribution in [0.5, 0.6) is 0 Å². The maximum Gasteiger partial charge on any atom is 0.326 e. The van der Waals surface area contributed by atoms with E-state index >= 15 is 0 Å². The van der Waals surface area contributed by atoms with Gasteiger partial charge in [0.15, 0.2) is 0 Å². The van der Waals surface area contributed by atoms with Crippen LogP contribution in [-0.2, 0) is 24.0 Å². The van der Waals surface area contributed by atoms with Crippen LogP contribution in [0.2, 0.25) is 0 Å². The zero-order valence-electron chi connectivity index (χ0n) is 19.8. The SMILES string of the molecule is CCC(C)C(NC(=O)C(NC(=O)C(NC(=O)C(N)CCC(N)=O)C(C)C)C(C)C)C(=O)O. The van der Waals surface area contributed by atoms with E-state index in [0.717, 1.165) is 0 Å². The lowest BCUT2D eigenvalue weighted by Crippen LogP contribution is -2.60. The molecule has 11 heteroatoms. The van der Waals surface area contributed by atoms with Crippen molar-refractivity contribution < 1.29 is 29.1 Å². The largest absolute Gasteiger partial charge is 0.480 e. The molecular formula is C21H39N5O6. The Morgan fingerprint density at radius 3 is 1.53 bits per heavy atom. The normalized spacial score (nSPS) is 15.9. The van der Waals surface area contributed by atoms with E-state index in [1.54, 1.807) is 34.6 Å². The van der Waals surface area contributed by atoms with Crippen LogP contribution in [0.15, 0.2) is 0 Å². The van der Waals surface area contributed by atoms with Crippen molar-refractivity contribution in [3.05, 3.63) is 0 Å². The number of rotatable bonds is 14. The maximum absolute atomic E-state index is 12.9. The molecule has 184 valence electrons. The molecule has 32 heavy (non-hydrogen) atoms. The summed E-state index contributed by atoms with van der Waals surface area (Å²) >= 11 is 0. The number of hydrogen-bond donors (Lipinski definition) is 6. The number of carbonyl (C=O) groups is 5. The highest BCUT2D eigenvalue weighted by molar-refractivity contribution is 5.94. The number of nitrogens with two attached hydrogens (primary N) is 2. The molecule has 0 bridgehead atoms. The lowest BCUT2D eigenvalue weighted by Gasteiger charge is -2.29. The van der Waals surface area contributed by atoms with Crippen molar-refractivity contribution in [1.29, 1.82) is 0 Å². The summed E-state index contributed by atoms with van der Waals surface area (Å²) in [6.45, 7) is 10.4. The predicted molar refractivity (Wildman–Crippen MR) is 119 cm³/mol. The zero-order chi connectivity index (χ0) is 25.2. The van der Waals surface area contributed by atoms with Gasteiger partial charge < -0.3 is 32.5 Å². The van der Waals surface area contributed by atoms with Crippen molar-refractivity contribution in [2.24, 2.45) is 29.2 Å². The second-order valence-corrected chi connectivity index (χ2v) is 8.78. The molecule has 0 aliphatic heterocycles. The molecular weight excluding hydrogens is 418 g/mol. The quantitative estimate of drug-likeness (QED) is 0.202. The predicted octanol–water partition coefficient (Wildman–Crippen LogP) is -0.524. The molecule has 4 amide bonds. The third kappa shape index (κ3) is 9.63. The fraction of sp³-hybridized carbons (Fsp3) is 0.762. The minimum Gasteiger partial charge on any atom is -0.480 e. The van der Waals surface area contributed by atoms with Gasteiger partial charge in [-0.1, -0.05) is 48.0 Å². The summed E-state index contributed by atoms with van der Waals surface area (Å²) in [5.74, 6) is -4.55. The van der Waals surface area contributed by atoms with Crippen LogP contribution in [0.1, 0.15) is 60.8 Å². The maximum atomic E-state index is 12.9. The molecule has 8 N–H and O–H groups in total. The number of carboxylic acid groups (broad SMARTS) is 1. The first-order chi connectivity index (χ1) is 14.7. The molecule has 0 fully saturated rings. The molecule has 0 rings (SSSR count). The summed E-state index contributed by atoms with van der Waals surface area (Å²) < 4.78 is 0. The van der Waals surface area contributed by atoms with Gasteiger partial charge in [-0.2, -0.15) is 0 Å². The highest BCUT2D eigenvalue weighted by atomic mass is 16.4. The van der Waals surface area contributed by atoms with Crippen LogP contribution in [0.3, 0.4) is 0 Å². The monoisotopic (exact) mass is 457 g/mol. The van der Waals surface area contributed by atoms with Crippen molar-refractivity contribution in [1.82, 2.24) is 16.0 Å². The minimum atomic E-state index is -1.15. The number of aliphatic carboxylic acids is 1. The van der Waals surface area contributed by atoms with E-state index in [2.05, 4.69) is 16.0 Å². The molecule has 0 saturated heterocycles. The van der Waals surface area contributed by atoms with Crippen molar-refractivity contribution in [2.75, 3.05) is 0 Å². The van der Waals surface area contributed by atoms with E-state index in [4.69, 9.17) is 11.5 Å². The Kier molecular flexibility index (Phi) is 12.5. The first kappa shape index (κ1) is 29.3. The summed E-state index contributed by atoms with van der Waals surface area (Å²) in [4.78, 5) is 60.5. The molecule has 0 aromatic heterocycles. The second kappa shape index (κ2) is 13.7. The Bertz CT molecular complexity index is 682. The summed E-state index contributed by atoms with van der Waals surface area (Å²) in [5, 5.41) is 17.1. The average Bonchev–Trinajstić information content (AvgIpc) is 2.70. The van der Waals surface area contributed by atoms with Gasteiger partial charge in [0, 0.05) is 6.42 Å². The molecule has 0 aromatic carbocycles. The molecule has 5 unspecified atom stereocenters. The van der Waals surface area contributed by atoms with Gasteiger partial charge in [0.05, 0.1) is 6.04 Å². The number of carboxylic acids is 1. The Hall–Kier alpha value is -2.69. The molecule has 0 radical (unpaired) electrons. The van der Waals surface area contributed by atoms with Crippen LogP contribution in [0.25, 0.3) is 0 Å². The molecule has 0 spiro atoms. The van der Waals surface area contributed by atoms with Crippen molar-refractivity contribution in [3.8, 4) is 0 Å². The molecule has 11 nitrogen and oxygen atoms in total. The van der Waals surface area contributed by atoms with Gasteiger partial charge in [0.25, 0.3) is 0 Å². The van der Waals surface area contributed by atoms with E-state index in [-0.39, 0.29) is 30.6 Å². The summed E-state index contributed by atoms with van der Waals surface area (Å²) in [6.07, 6.45) is 0.522. The lowest BCUT2D eigenvalue weighted by atomic mass is 9.96. The van der Waals surface area contributed by atoms with Gasteiger partial charge in [-0.25, -0.2) is 4.79 Å². The Morgan fingerprint density at radius 1 is 0.781 bits per heavy atom. The Labute approximate surface area is 189 Å². The summed E-state index contributed by atoms with van der Waals surface area (Å²) in [5.41, 5.74) is 10.8. The topological polar surface area (TPSA) is 194 Å². The Balaban J connectivity index is 5.36. The highest BCUT2D eigenvalue weighted by Gasteiger charge is 2.34. The molecule has 0 aliphatic carbocycles. The van der Waals surface area contributed by atoms with Crippen molar-refractivity contribution in [2.45, 2.75) is 85.0 Å². The van der Waals surface area contributed by atoms with E-state index in [1.165, 1.54) is 0 Å². The van der Waals surface area contributed by atoms with Gasteiger partial charge in [0.2, 0.25) is 23.6 Å². The molecule has 0 aromatic rings. The summed E-state index contributed by atoms with van der Waals surface area (Å²) in [7, 11) is 0. The third-order valence-electron chi connectivity index (χ3n) is 5.31. The minimum absolute atomic E-state index is 0.0385. The average molecular weight is 458 g/mol. The second-order valence-electron chi connectivity index (χ2n) is 8.78. The van der Waals surface area contributed by atoms with E-state index in [9.17, 15) is 29.1 Å². The fourth-order valence-electron chi connectivity index (χ4n) is 2.93. The highest BCUT2D eigenvalue weighted by Crippen LogP contribution is 2.11. The van der Waals surface area contributed by atoms with E-state index < -0.39 is 53.8 Å². The number of carbonyl (C=O) groups excluding carboxylic acids is 4. The van der Waals surface area contributed by atoms with Gasteiger partial charge in [0.1, 0.15) is 18.1 Å². The van der Waals surface area contributed by atoms with E-state index in [1.807, 2.05) is 6.92 Å². The van der Waals surface area contributed by atoms with Crippen LogP contribution in [0.4, 0.5) is 0 Å². The van der Waals surface area contributed by atoms with Crippen LogP contribution < -0.4 is 27.4 Å². The summed E-state index contributed by atoms with van der Waals surface area (Å²) in [6, 6.07) is -4.10. The molecule has 0 saturated carbocycles. The van der Waals surface area contributed by atoms with Gasteiger partial charge in [-0.05, 0) is 24.2 Å². The standard InChI is InChI=1S/C21H39N5O6/c1-7-12(6)17(21(31)32)26-20(30)16(11(4)5)25-19(29)15(10(2)3)24-18(28)13(22)8-9-14(23)27/h10-13,15-17H,7-9,22H2,1-6H3,(H2,23,27)(H,24,28)(H,25,29)(H,26,30)(H,31,32). The first-order valence-corrected chi connectivity index (χ1v) is 10.9. The number of primary amides is 1. The van der Waals surface area contributed by atoms with Gasteiger partial charge in [-0.15, -0.1) is 0 Å². The van der Waals surface area contributed by atoms with Crippen LogP contribution >= 0.6 is 0 Å². The molecule has 0 heterocycles. The number of nitrogens with one attached hydrogen (secondary N) is 3. The number of hydrogen-bond acceptors (Lipinski definition) is 6. The van der Waals surface area contributed by atoms with Gasteiger partial charge in [-0.3, -0.25) is 19.2 Å². The van der Waals surface area contributed by atoms with Gasteiger partial charge >= 0.3 is 5.97 Å². The van der Waals surface area contributed by atoms with Crippen LogP contribution in [0, 0.1) is 17.8 Å². The third-order valence-corrected chi connectivity index (χ3v) is 5.31. The molecule has 0 aliphatic rings. The zero-order valence-corrected chi connectivity index (χ0v) is 19.8. The van der Waals surface area contributed by atoms with E-state index in [0.29, 0.717) is 6.42 Å².